The van der Waals surface area contributed by atoms with Crippen LogP contribution in [0.15, 0.2) is 74.5 Å². The summed E-state index contributed by atoms with van der Waals surface area (Å²) in [6, 6.07) is 11.3. The molecule has 0 spiro atoms. The molecule has 0 radical (unpaired) electrons. The molecule has 1 fully saturated rings. The molecule has 5 rings (SSSR count). The van der Waals surface area contributed by atoms with Gasteiger partial charge in [0, 0.05) is 16.6 Å². The van der Waals surface area contributed by atoms with Gasteiger partial charge in [0.25, 0.3) is 5.91 Å². The van der Waals surface area contributed by atoms with Gasteiger partial charge in [0.2, 0.25) is 0 Å². The summed E-state index contributed by atoms with van der Waals surface area (Å²) in [5.41, 5.74) is 8.02. The summed E-state index contributed by atoms with van der Waals surface area (Å²) in [7, 11) is 0. The van der Waals surface area contributed by atoms with Gasteiger partial charge in [-0.25, -0.2) is 9.80 Å². The second kappa shape index (κ2) is 9.23. The number of amides is 1. The highest BCUT2D eigenvalue weighted by atomic mass is 35.5. The molecule has 1 aromatic carbocycles. The number of nitrogen functional groups attached to an aromatic ring is 1. The highest BCUT2D eigenvalue weighted by Gasteiger charge is 2.45. The van der Waals surface area contributed by atoms with Crippen molar-refractivity contribution in [1.29, 1.82) is 0 Å². The number of hydrogen-bond acceptors (Lipinski definition) is 7. The average molecular weight is 480 g/mol. The first kappa shape index (κ1) is 22.0. The largest absolute Gasteiger partial charge is 0.467 e. The van der Waals surface area contributed by atoms with Gasteiger partial charge < -0.3 is 19.3 Å². The predicted molar refractivity (Wildman–Crippen MR) is 126 cm³/mol. The minimum Gasteiger partial charge on any atom is -0.467 e. The van der Waals surface area contributed by atoms with Crippen molar-refractivity contribution < 1.29 is 23.2 Å². The van der Waals surface area contributed by atoms with Crippen molar-refractivity contribution in [3.8, 4) is 0 Å². The van der Waals surface area contributed by atoms with Gasteiger partial charge in [-0.2, -0.15) is 5.10 Å². The van der Waals surface area contributed by atoms with Crippen molar-refractivity contribution >= 4 is 41.0 Å². The first-order valence-electron chi connectivity index (χ1n) is 10.9. The third-order valence-electron chi connectivity index (χ3n) is 6.01. The van der Waals surface area contributed by atoms with Crippen LogP contribution in [0.25, 0.3) is 6.08 Å². The summed E-state index contributed by atoms with van der Waals surface area (Å²) in [6.45, 7) is -0.487. The predicted octanol–water partition coefficient (Wildman–Crippen LogP) is 5.09. The van der Waals surface area contributed by atoms with Crippen molar-refractivity contribution in [3.05, 3.63) is 82.7 Å². The first-order valence-corrected chi connectivity index (χ1v) is 11.3. The Hall–Kier alpha value is -3.78. The Kier molecular flexibility index (Phi) is 5.98. The van der Waals surface area contributed by atoms with E-state index < -0.39 is 24.5 Å². The SMILES string of the molecule is Nc1cc(Cl)ccc1C(=O)OCC(=O)N1N=C2C(=Cc3ccco3)CCCC2C1c1ccco1. The third kappa shape index (κ3) is 4.24. The molecule has 1 aliphatic heterocycles. The fourth-order valence-corrected chi connectivity index (χ4v) is 4.66. The lowest BCUT2D eigenvalue weighted by Gasteiger charge is -2.27. The standard InChI is InChI=1S/C25H22ClN3O5/c26-16-8-9-18(20(27)13-16)25(31)34-14-22(30)29-24(21-7-3-11-33-21)19-6-1-4-15(23(19)28-29)12-17-5-2-10-32-17/h2-3,5,7-13,19,24H,1,4,6,14,27H2. The van der Waals surface area contributed by atoms with E-state index >= 15 is 0 Å². The Bertz CT molecular complexity index is 1260. The fraction of sp³-hybridized carbons (Fsp3) is 0.240. The van der Waals surface area contributed by atoms with Crippen LogP contribution >= 0.6 is 11.6 Å². The number of allylic oxidation sites excluding steroid dienone is 1. The maximum absolute atomic E-state index is 13.2. The number of hydrazone groups is 1. The van der Waals surface area contributed by atoms with Gasteiger partial charge in [-0.3, -0.25) is 4.79 Å². The molecule has 0 bridgehead atoms. The van der Waals surface area contributed by atoms with Crippen LogP contribution in [0.2, 0.25) is 5.02 Å². The average Bonchev–Trinajstić information content (AvgIpc) is 3.58. The van der Waals surface area contributed by atoms with E-state index in [1.807, 2.05) is 24.3 Å². The molecule has 1 aliphatic carbocycles. The summed E-state index contributed by atoms with van der Waals surface area (Å²) in [5.74, 6) is 0.158. The van der Waals surface area contributed by atoms with Gasteiger partial charge in [0.05, 0.1) is 23.8 Å². The Morgan fingerprint density at radius 3 is 2.76 bits per heavy atom. The molecule has 2 N–H and O–H groups in total. The van der Waals surface area contributed by atoms with Crippen molar-refractivity contribution in [2.45, 2.75) is 25.3 Å². The quantitative estimate of drug-likeness (QED) is 0.403. The normalized spacial score (nSPS) is 20.8. The molecule has 1 amide bonds. The number of rotatable bonds is 5. The summed E-state index contributed by atoms with van der Waals surface area (Å²) in [5, 5.41) is 6.46. The third-order valence-corrected chi connectivity index (χ3v) is 6.25. The zero-order valence-corrected chi connectivity index (χ0v) is 18.9. The molecule has 2 unspecified atom stereocenters. The van der Waals surface area contributed by atoms with Gasteiger partial charge >= 0.3 is 5.97 Å². The lowest BCUT2D eigenvalue weighted by atomic mass is 9.79. The highest BCUT2D eigenvalue weighted by molar-refractivity contribution is 6.31. The number of fused-ring (bicyclic) bond motifs is 1. The van der Waals surface area contributed by atoms with Crippen LogP contribution in [0, 0.1) is 5.92 Å². The van der Waals surface area contributed by atoms with Crippen LogP contribution < -0.4 is 5.73 Å². The molecular weight excluding hydrogens is 458 g/mol. The van der Waals surface area contributed by atoms with Crippen molar-refractivity contribution in [3.63, 3.8) is 0 Å². The highest BCUT2D eigenvalue weighted by Crippen LogP contribution is 2.44. The molecule has 2 aromatic heterocycles. The number of hydrogen-bond donors (Lipinski definition) is 1. The molecule has 3 aromatic rings. The number of ether oxygens (including phenoxy) is 1. The van der Waals surface area contributed by atoms with Crippen LogP contribution in [0.4, 0.5) is 5.69 Å². The first-order chi connectivity index (χ1) is 16.5. The molecule has 1 saturated carbocycles. The molecular formula is C25H22ClN3O5. The van der Waals surface area contributed by atoms with E-state index in [0.29, 0.717) is 10.8 Å². The van der Waals surface area contributed by atoms with Crippen LogP contribution in [0.1, 0.15) is 47.2 Å². The lowest BCUT2D eigenvalue weighted by Crippen LogP contribution is -2.34. The van der Waals surface area contributed by atoms with Crippen LogP contribution in [0.5, 0.6) is 0 Å². The Morgan fingerprint density at radius 1 is 1.21 bits per heavy atom. The van der Waals surface area contributed by atoms with E-state index in [4.69, 9.17) is 30.9 Å². The summed E-state index contributed by atoms with van der Waals surface area (Å²) in [4.78, 5) is 25.7. The summed E-state index contributed by atoms with van der Waals surface area (Å²) in [6.07, 6.45) is 7.77. The Labute approximate surface area is 200 Å². The number of benzene rings is 1. The molecule has 0 saturated heterocycles. The van der Waals surface area contributed by atoms with Gasteiger partial charge in [-0.15, -0.1) is 0 Å². The second-order valence-corrected chi connectivity index (χ2v) is 8.61. The van der Waals surface area contributed by atoms with E-state index in [0.717, 1.165) is 36.3 Å². The zero-order valence-electron chi connectivity index (χ0n) is 18.1. The maximum Gasteiger partial charge on any atom is 0.340 e. The van der Waals surface area contributed by atoms with E-state index in [9.17, 15) is 9.59 Å². The zero-order chi connectivity index (χ0) is 23.7. The molecule has 9 heteroatoms. The topological polar surface area (TPSA) is 111 Å². The molecule has 174 valence electrons. The Balaban J connectivity index is 1.39. The number of halogens is 1. The minimum absolute atomic E-state index is 0.0346. The van der Waals surface area contributed by atoms with E-state index in [-0.39, 0.29) is 17.2 Å². The number of carbonyl (C=O) groups is 2. The fourth-order valence-electron chi connectivity index (χ4n) is 4.48. The number of furan rings is 2. The van der Waals surface area contributed by atoms with E-state index in [2.05, 4.69) is 5.10 Å². The number of nitrogens with two attached hydrogens (primary N) is 1. The molecule has 2 atom stereocenters. The maximum atomic E-state index is 13.2. The smallest absolute Gasteiger partial charge is 0.340 e. The summed E-state index contributed by atoms with van der Waals surface area (Å²) < 4.78 is 16.4. The van der Waals surface area contributed by atoms with Crippen LogP contribution in [-0.2, 0) is 9.53 Å². The molecule has 8 nitrogen and oxygen atoms in total. The van der Waals surface area contributed by atoms with Gasteiger partial charge in [0.15, 0.2) is 6.61 Å². The number of esters is 1. The van der Waals surface area contributed by atoms with Crippen molar-refractivity contribution in [1.82, 2.24) is 5.01 Å². The van der Waals surface area contributed by atoms with Gasteiger partial charge in [-0.05, 0) is 73.4 Å². The second-order valence-electron chi connectivity index (χ2n) is 8.18. The molecule has 34 heavy (non-hydrogen) atoms. The van der Waals surface area contributed by atoms with Gasteiger partial charge in [-0.1, -0.05) is 11.6 Å². The van der Waals surface area contributed by atoms with Crippen molar-refractivity contribution in [2.75, 3.05) is 12.3 Å². The van der Waals surface area contributed by atoms with Crippen LogP contribution in [0.3, 0.4) is 0 Å². The minimum atomic E-state index is -0.709. The van der Waals surface area contributed by atoms with Crippen molar-refractivity contribution in [2.24, 2.45) is 11.0 Å². The molecule has 3 heterocycles. The van der Waals surface area contributed by atoms with E-state index in [1.54, 1.807) is 18.6 Å². The van der Waals surface area contributed by atoms with Crippen LogP contribution in [-0.4, -0.2) is 29.2 Å². The Morgan fingerprint density at radius 2 is 2.03 bits per heavy atom. The molecule has 2 aliphatic rings. The number of carbonyl (C=O) groups excluding carboxylic acids is 2. The number of nitrogens with zero attached hydrogens (tertiary/aromatic N) is 2. The van der Waals surface area contributed by atoms with E-state index in [1.165, 1.54) is 23.2 Å². The lowest BCUT2D eigenvalue weighted by molar-refractivity contribution is -0.137. The van der Waals surface area contributed by atoms with Gasteiger partial charge in [0.1, 0.15) is 17.6 Å². The number of anilines is 1. The monoisotopic (exact) mass is 479 g/mol. The summed E-state index contributed by atoms with van der Waals surface area (Å²) >= 11 is 5.89.